The van der Waals surface area contributed by atoms with Gasteiger partial charge in [-0.15, -0.1) is 0 Å². The lowest BCUT2D eigenvalue weighted by molar-refractivity contribution is 0.427. The highest BCUT2D eigenvalue weighted by Crippen LogP contribution is 2.26. The number of nitrogens with zero attached hydrogens (tertiary/aromatic N) is 2. The predicted molar refractivity (Wildman–Crippen MR) is 61.5 cm³/mol. The summed E-state index contributed by atoms with van der Waals surface area (Å²) in [6, 6.07) is 8.48. The molecule has 0 amide bonds. The number of aromatic amines is 1. The van der Waals surface area contributed by atoms with E-state index in [1.165, 1.54) is 4.31 Å². The fraction of sp³-hybridized carbons (Fsp3) is 0.182. The Hall–Kier alpha value is -1.66. The molecule has 1 aromatic heterocycles. The summed E-state index contributed by atoms with van der Waals surface area (Å²) in [5.74, 6) is 0. The number of rotatable bonds is 2. The predicted octanol–water partition coefficient (Wildman–Crippen LogP) is 1.11. The lowest BCUT2D eigenvalue weighted by Gasteiger charge is -2.15. The molecule has 2 heterocycles. The van der Waals surface area contributed by atoms with Crippen LogP contribution in [0.4, 0.5) is 0 Å². The summed E-state index contributed by atoms with van der Waals surface area (Å²) in [7, 11) is -3.39. The minimum Gasteiger partial charge on any atom is -0.281 e. The smallest absolute Gasteiger partial charge is 0.243 e. The summed E-state index contributed by atoms with van der Waals surface area (Å²) in [6.45, 7) is 0.760. The molecular weight excluding hydrogens is 238 g/mol. The van der Waals surface area contributed by atoms with E-state index in [4.69, 9.17) is 0 Å². The molecule has 0 fully saturated rings. The van der Waals surface area contributed by atoms with Crippen LogP contribution in [0.1, 0.15) is 11.3 Å². The summed E-state index contributed by atoms with van der Waals surface area (Å²) < 4.78 is 26.0. The van der Waals surface area contributed by atoms with Crippen molar-refractivity contribution >= 4 is 10.0 Å². The second-order valence-electron chi connectivity index (χ2n) is 3.96. The third-order valence-corrected chi connectivity index (χ3v) is 4.68. The zero-order chi connectivity index (χ0) is 11.9. The van der Waals surface area contributed by atoms with Crippen LogP contribution in [0.25, 0.3) is 0 Å². The molecule has 3 rings (SSSR count). The van der Waals surface area contributed by atoms with Gasteiger partial charge in [0.2, 0.25) is 10.0 Å². The molecule has 0 unspecified atom stereocenters. The minimum atomic E-state index is -3.39. The van der Waals surface area contributed by atoms with Crippen LogP contribution in [0.3, 0.4) is 0 Å². The molecule has 1 aliphatic rings. The Labute approximate surface area is 99.1 Å². The van der Waals surface area contributed by atoms with E-state index in [9.17, 15) is 8.42 Å². The van der Waals surface area contributed by atoms with Gasteiger partial charge in [-0.2, -0.15) is 9.40 Å². The first-order valence-corrected chi connectivity index (χ1v) is 6.68. The van der Waals surface area contributed by atoms with Gasteiger partial charge in [0.25, 0.3) is 0 Å². The highest BCUT2D eigenvalue weighted by atomic mass is 32.2. The number of H-pyrrole nitrogens is 1. The highest BCUT2D eigenvalue weighted by Gasteiger charge is 2.31. The van der Waals surface area contributed by atoms with Gasteiger partial charge >= 0.3 is 0 Å². The molecule has 17 heavy (non-hydrogen) atoms. The number of nitrogens with one attached hydrogen (secondary N) is 1. The average molecular weight is 249 g/mol. The summed E-state index contributed by atoms with van der Waals surface area (Å²) in [6.07, 6.45) is 1.68. The zero-order valence-corrected chi connectivity index (χ0v) is 9.81. The first-order chi connectivity index (χ1) is 8.18. The van der Waals surface area contributed by atoms with E-state index >= 15 is 0 Å². The molecule has 5 nitrogen and oxygen atoms in total. The molecule has 6 heteroatoms. The van der Waals surface area contributed by atoms with Gasteiger partial charge in [-0.1, -0.05) is 18.2 Å². The Bertz CT molecular complexity index is 613. The van der Waals surface area contributed by atoms with Gasteiger partial charge in [0.15, 0.2) is 0 Å². The van der Waals surface area contributed by atoms with Crippen LogP contribution >= 0.6 is 0 Å². The van der Waals surface area contributed by atoms with Crippen molar-refractivity contribution in [1.82, 2.24) is 14.5 Å². The van der Waals surface area contributed by atoms with E-state index in [0.717, 1.165) is 11.3 Å². The Morgan fingerprint density at radius 3 is 2.65 bits per heavy atom. The lowest BCUT2D eigenvalue weighted by Crippen LogP contribution is -2.25. The molecule has 0 atom stereocenters. The molecule has 0 spiro atoms. The maximum Gasteiger partial charge on any atom is 0.243 e. The molecule has 0 saturated carbocycles. The third-order valence-electron chi connectivity index (χ3n) is 2.87. The van der Waals surface area contributed by atoms with Crippen LogP contribution in [-0.2, 0) is 23.1 Å². The second kappa shape index (κ2) is 3.68. The van der Waals surface area contributed by atoms with Crippen molar-refractivity contribution in [1.29, 1.82) is 0 Å². The van der Waals surface area contributed by atoms with Crippen LogP contribution in [0, 0.1) is 0 Å². The van der Waals surface area contributed by atoms with Gasteiger partial charge in [0, 0.05) is 12.1 Å². The molecule has 1 aromatic carbocycles. The van der Waals surface area contributed by atoms with Crippen LogP contribution < -0.4 is 0 Å². The van der Waals surface area contributed by atoms with Gasteiger partial charge in [0.05, 0.1) is 23.3 Å². The Morgan fingerprint density at radius 1 is 1.18 bits per heavy atom. The standard InChI is InChI=1S/C11H11N3O2S/c15-17(16,10-4-2-1-3-5-10)14-7-9-6-12-13-11(9)8-14/h1-6H,7-8H2,(H,12,13). The SMILES string of the molecule is O=S(=O)(c1ccccc1)N1Cc2cn[nH]c2C1. The van der Waals surface area contributed by atoms with Crippen molar-refractivity contribution in [3.8, 4) is 0 Å². The van der Waals surface area contributed by atoms with E-state index in [1.54, 1.807) is 36.5 Å². The topological polar surface area (TPSA) is 66.1 Å². The quantitative estimate of drug-likeness (QED) is 0.867. The van der Waals surface area contributed by atoms with Crippen molar-refractivity contribution in [3.05, 3.63) is 47.8 Å². The van der Waals surface area contributed by atoms with Gasteiger partial charge < -0.3 is 0 Å². The third kappa shape index (κ3) is 1.65. The normalized spacial score (nSPS) is 16.0. The van der Waals surface area contributed by atoms with Crippen molar-refractivity contribution < 1.29 is 8.42 Å². The first kappa shape index (κ1) is 10.5. The number of hydrogen-bond acceptors (Lipinski definition) is 3. The van der Waals surface area contributed by atoms with Crippen LogP contribution in [0.2, 0.25) is 0 Å². The van der Waals surface area contributed by atoms with Crippen LogP contribution in [0.5, 0.6) is 0 Å². The van der Waals surface area contributed by atoms with E-state index < -0.39 is 10.0 Å². The van der Waals surface area contributed by atoms with E-state index in [-0.39, 0.29) is 0 Å². The highest BCUT2D eigenvalue weighted by molar-refractivity contribution is 7.89. The number of aromatic nitrogens is 2. The van der Waals surface area contributed by atoms with Crippen molar-refractivity contribution in [2.75, 3.05) is 0 Å². The second-order valence-corrected chi connectivity index (χ2v) is 5.90. The number of fused-ring (bicyclic) bond motifs is 1. The van der Waals surface area contributed by atoms with E-state index in [0.29, 0.717) is 18.0 Å². The van der Waals surface area contributed by atoms with Crippen molar-refractivity contribution in [3.63, 3.8) is 0 Å². The fourth-order valence-corrected chi connectivity index (χ4v) is 3.35. The molecule has 0 bridgehead atoms. The molecular formula is C11H11N3O2S. The largest absolute Gasteiger partial charge is 0.281 e. The average Bonchev–Trinajstić information content (AvgIpc) is 2.90. The molecule has 88 valence electrons. The van der Waals surface area contributed by atoms with Gasteiger partial charge in [0.1, 0.15) is 0 Å². The van der Waals surface area contributed by atoms with Gasteiger partial charge in [-0.25, -0.2) is 8.42 Å². The molecule has 2 aromatic rings. The molecule has 0 aliphatic carbocycles. The van der Waals surface area contributed by atoms with Crippen LogP contribution in [0.15, 0.2) is 41.4 Å². The molecule has 1 N–H and O–H groups in total. The Kier molecular flexibility index (Phi) is 2.27. The summed E-state index contributed by atoms with van der Waals surface area (Å²) >= 11 is 0. The Morgan fingerprint density at radius 2 is 1.94 bits per heavy atom. The van der Waals surface area contributed by atoms with Crippen molar-refractivity contribution in [2.45, 2.75) is 18.0 Å². The van der Waals surface area contributed by atoms with Gasteiger partial charge in [-0.05, 0) is 12.1 Å². The molecule has 0 saturated heterocycles. The lowest BCUT2D eigenvalue weighted by atomic mass is 10.3. The Balaban J connectivity index is 1.94. The van der Waals surface area contributed by atoms with E-state index in [2.05, 4.69) is 10.2 Å². The summed E-state index contributed by atoms with van der Waals surface area (Å²) in [4.78, 5) is 0.332. The first-order valence-electron chi connectivity index (χ1n) is 5.24. The van der Waals surface area contributed by atoms with Crippen molar-refractivity contribution in [2.24, 2.45) is 0 Å². The van der Waals surface area contributed by atoms with E-state index in [1.807, 2.05) is 0 Å². The fourth-order valence-electron chi connectivity index (χ4n) is 1.94. The summed E-state index contributed by atoms with van der Waals surface area (Å²) in [5, 5.41) is 6.70. The zero-order valence-electron chi connectivity index (χ0n) is 9.00. The molecule has 1 aliphatic heterocycles. The molecule has 0 radical (unpaired) electrons. The van der Waals surface area contributed by atoms with Gasteiger partial charge in [-0.3, -0.25) is 5.10 Å². The number of sulfonamides is 1. The maximum atomic E-state index is 12.3. The maximum absolute atomic E-state index is 12.3. The monoisotopic (exact) mass is 249 g/mol. The minimum absolute atomic E-state index is 0.332. The number of benzene rings is 1. The number of hydrogen-bond donors (Lipinski definition) is 1. The van der Waals surface area contributed by atoms with Crippen LogP contribution in [-0.4, -0.2) is 22.9 Å². The summed E-state index contributed by atoms with van der Waals surface area (Å²) in [5.41, 5.74) is 1.83.